The summed E-state index contributed by atoms with van der Waals surface area (Å²) >= 11 is 7.62. The van der Waals surface area contributed by atoms with E-state index in [0.717, 1.165) is 22.7 Å². The van der Waals surface area contributed by atoms with Gasteiger partial charge in [-0.05, 0) is 44.8 Å². The quantitative estimate of drug-likeness (QED) is 0.779. The largest absolute Gasteiger partial charge is 0.325 e. The van der Waals surface area contributed by atoms with Crippen molar-refractivity contribution in [2.45, 2.75) is 23.6 Å². The molecule has 0 spiro atoms. The van der Waals surface area contributed by atoms with Crippen molar-refractivity contribution in [2.24, 2.45) is 0 Å². The highest BCUT2D eigenvalue weighted by atomic mass is 35.5. The molecule has 5 heteroatoms. The molecule has 1 atom stereocenters. The van der Waals surface area contributed by atoms with Crippen molar-refractivity contribution in [2.75, 3.05) is 19.4 Å². The standard InChI is InChI=1S/C18H21ClN2OS/c1-13(23-17-11-7-5-9-15(17)19)18(22)20-16-10-6-4-8-14(16)12-21(2)3/h4-11,13H,12H2,1-3H3,(H,20,22). The molecule has 3 nitrogen and oxygen atoms in total. The second-order valence-corrected chi connectivity index (χ2v) is 7.36. The van der Waals surface area contributed by atoms with Crippen molar-refractivity contribution in [3.05, 3.63) is 59.1 Å². The third kappa shape index (κ3) is 5.27. The average molecular weight is 349 g/mol. The van der Waals surface area contributed by atoms with E-state index in [1.165, 1.54) is 11.8 Å². The SMILES string of the molecule is CC(Sc1ccccc1Cl)C(=O)Nc1ccccc1CN(C)C. The number of thioether (sulfide) groups is 1. The number of benzene rings is 2. The Morgan fingerprint density at radius 1 is 1.17 bits per heavy atom. The molecule has 2 rings (SSSR count). The summed E-state index contributed by atoms with van der Waals surface area (Å²) in [6, 6.07) is 15.4. The number of rotatable bonds is 6. The highest BCUT2D eigenvalue weighted by molar-refractivity contribution is 8.00. The summed E-state index contributed by atoms with van der Waals surface area (Å²) in [6.45, 7) is 2.67. The monoisotopic (exact) mass is 348 g/mol. The Labute approximate surface area is 147 Å². The summed E-state index contributed by atoms with van der Waals surface area (Å²) in [5, 5.41) is 3.46. The van der Waals surface area contributed by atoms with Crippen molar-refractivity contribution in [3.8, 4) is 0 Å². The van der Waals surface area contributed by atoms with Crippen LogP contribution in [0.1, 0.15) is 12.5 Å². The first-order valence-electron chi connectivity index (χ1n) is 7.42. The van der Waals surface area contributed by atoms with Gasteiger partial charge in [0.05, 0.1) is 10.3 Å². The number of hydrogen-bond donors (Lipinski definition) is 1. The van der Waals surface area contributed by atoms with Gasteiger partial charge in [0.2, 0.25) is 5.91 Å². The minimum Gasteiger partial charge on any atom is -0.325 e. The topological polar surface area (TPSA) is 32.3 Å². The molecule has 0 radical (unpaired) electrons. The van der Waals surface area contributed by atoms with Crippen molar-refractivity contribution in [1.82, 2.24) is 4.90 Å². The smallest absolute Gasteiger partial charge is 0.237 e. The number of hydrogen-bond acceptors (Lipinski definition) is 3. The summed E-state index contributed by atoms with van der Waals surface area (Å²) in [6.07, 6.45) is 0. The van der Waals surface area contributed by atoms with Crippen LogP contribution in [0.25, 0.3) is 0 Å². The van der Waals surface area contributed by atoms with E-state index < -0.39 is 0 Å². The predicted octanol–water partition coefficient (Wildman–Crippen LogP) is 4.52. The van der Waals surface area contributed by atoms with Gasteiger partial charge in [0.1, 0.15) is 0 Å². The number of carbonyl (C=O) groups excluding carboxylic acids is 1. The van der Waals surface area contributed by atoms with Gasteiger partial charge in [-0.15, -0.1) is 11.8 Å². The first kappa shape index (κ1) is 17.9. The van der Waals surface area contributed by atoms with Crippen LogP contribution in [-0.2, 0) is 11.3 Å². The van der Waals surface area contributed by atoms with Gasteiger partial charge in [-0.3, -0.25) is 4.79 Å². The highest BCUT2D eigenvalue weighted by Gasteiger charge is 2.17. The summed E-state index contributed by atoms with van der Waals surface area (Å²) < 4.78 is 0. The molecule has 0 saturated carbocycles. The maximum Gasteiger partial charge on any atom is 0.237 e. The van der Waals surface area contributed by atoms with Crippen LogP contribution in [0, 0.1) is 0 Å². The van der Waals surface area contributed by atoms with Gasteiger partial charge >= 0.3 is 0 Å². The maximum atomic E-state index is 12.5. The Kier molecular flexibility index (Phi) is 6.51. The first-order chi connectivity index (χ1) is 11.0. The molecule has 122 valence electrons. The minimum absolute atomic E-state index is 0.0267. The highest BCUT2D eigenvalue weighted by Crippen LogP contribution is 2.30. The third-order valence-electron chi connectivity index (χ3n) is 3.27. The van der Waals surface area contributed by atoms with Crippen LogP contribution in [0.5, 0.6) is 0 Å². The Morgan fingerprint density at radius 3 is 2.52 bits per heavy atom. The Morgan fingerprint density at radius 2 is 1.83 bits per heavy atom. The van der Waals surface area contributed by atoms with Gasteiger partial charge in [0.15, 0.2) is 0 Å². The van der Waals surface area contributed by atoms with Crippen LogP contribution < -0.4 is 5.32 Å². The lowest BCUT2D eigenvalue weighted by Gasteiger charge is -2.17. The van der Waals surface area contributed by atoms with E-state index in [-0.39, 0.29) is 11.2 Å². The van der Waals surface area contributed by atoms with Crippen LogP contribution in [0.4, 0.5) is 5.69 Å². The van der Waals surface area contributed by atoms with E-state index in [9.17, 15) is 4.79 Å². The number of amides is 1. The lowest BCUT2D eigenvalue weighted by atomic mass is 10.1. The van der Waals surface area contributed by atoms with Crippen molar-refractivity contribution in [1.29, 1.82) is 0 Å². The zero-order valence-electron chi connectivity index (χ0n) is 13.5. The van der Waals surface area contributed by atoms with Gasteiger partial charge < -0.3 is 10.2 Å². The second kappa shape index (κ2) is 8.39. The van der Waals surface area contributed by atoms with E-state index in [4.69, 9.17) is 11.6 Å². The summed E-state index contributed by atoms with van der Waals surface area (Å²) in [5.41, 5.74) is 1.96. The van der Waals surface area contributed by atoms with Crippen LogP contribution in [-0.4, -0.2) is 30.2 Å². The number of carbonyl (C=O) groups is 1. The minimum atomic E-state index is -0.234. The normalized spacial score (nSPS) is 12.2. The Hall–Kier alpha value is -1.49. The summed E-state index contributed by atoms with van der Waals surface area (Å²) in [5.74, 6) is -0.0267. The van der Waals surface area contributed by atoms with Gasteiger partial charge in [0, 0.05) is 17.1 Å². The number of halogens is 1. The third-order valence-corrected chi connectivity index (χ3v) is 4.89. The zero-order valence-corrected chi connectivity index (χ0v) is 15.1. The molecule has 0 fully saturated rings. The van der Waals surface area contributed by atoms with Gasteiger partial charge in [-0.1, -0.05) is 41.9 Å². The summed E-state index contributed by atoms with van der Waals surface area (Å²) in [4.78, 5) is 15.5. The zero-order chi connectivity index (χ0) is 16.8. The lowest BCUT2D eigenvalue weighted by Crippen LogP contribution is -2.23. The van der Waals surface area contributed by atoms with Gasteiger partial charge in [0.25, 0.3) is 0 Å². The Bertz CT molecular complexity index is 676. The lowest BCUT2D eigenvalue weighted by molar-refractivity contribution is -0.115. The first-order valence-corrected chi connectivity index (χ1v) is 8.68. The van der Waals surface area contributed by atoms with Crippen molar-refractivity contribution in [3.63, 3.8) is 0 Å². The fraction of sp³-hybridized carbons (Fsp3) is 0.278. The maximum absolute atomic E-state index is 12.5. The summed E-state index contributed by atoms with van der Waals surface area (Å²) in [7, 11) is 4.02. The van der Waals surface area contributed by atoms with Gasteiger partial charge in [-0.25, -0.2) is 0 Å². The molecule has 1 amide bonds. The molecule has 23 heavy (non-hydrogen) atoms. The molecule has 2 aromatic rings. The average Bonchev–Trinajstić information content (AvgIpc) is 2.51. The van der Waals surface area contributed by atoms with Crippen LogP contribution >= 0.6 is 23.4 Å². The predicted molar refractivity (Wildman–Crippen MR) is 99.2 cm³/mol. The molecule has 1 unspecified atom stereocenters. The van der Waals surface area contributed by atoms with Crippen molar-refractivity contribution >= 4 is 35.0 Å². The fourth-order valence-corrected chi connectivity index (χ4v) is 3.29. The molecule has 0 bridgehead atoms. The van der Waals surface area contributed by atoms with Crippen molar-refractivity contribution < 1.29 is 4.79 Å². The second-order valence-electron chi connectivity index (χ2n) is 5.57. The van der Waals surface area contributed by atoms with E-state index in [1.54, 1.807) is 0 Å². The molecular formula is C18H21ClN2OS. The molecule has 0 aliphatic rings. The fourth-order valence-electron chi connectivity index (χ4n) is 2.14. The molecule has 0 aliphatic carbocycles. The molecule has 2 aromatic carbocycles. The number of anilines is 1. The van der Waals surface area contributed by atoms with Crippen LogP contribution in [0.2, 0.25) is 5.02 Å². The molecule has 0 heterocycles. The number of para-hydroxylation sites is 1. The molecule has 1 N–H and O–H groups in total. The van der Waals surface area contributed by atoms with E-state index in [0.29, 0.717) is 5.02 Å². The number of nitrogens with one attached hydrogen (secondary N) is 1. The van der Waals surface area contributed by atoms with Gasteiger partial charge in [-0.2, -0.15) is 0 Å². The van der Waals surface area contributed by atoms with E-state index >= 15 is 0 Å². The number of nitrogens with zero attached hydrogens (tertiary/aromatic N) is 1. The van der Waals surface area contributed by atoms with Crippen LogP contribution in [0.15, 0.2) is 53.4 Å². The molecule has 0 aliphatic heterocycles. The Balaban J connectivity index is 2.05. The molecule has 0 aromatic heterocycles. The van der Waals surface area contributed by atoms with Crippen LogP contribution in [0.3, 0.4) is 0 Å². The molecule has 0 saturated heterocycles. The molecular weight excluding hydrogens is 328 g/mol. The van der Waals surface area contributed by atoms with E-state index in [1.807, 2.05) is 69.6 Å². The van der Waals surface area contributed by atoms with E-state index in [2.05, 4.69) is 10.2 Å².